The van der Waals surface area contributed by atoms with Crippen molar-refractivity contribution in [3.63, 3.8) is 0 Å². The van der Waals surface area contributed by atoms with Gasteiger partial charge in [0.2, 0.25) is 15.0 Å². The minimum absolute atomic E-state index is 0.0124. The lowest BCUT2D eigenvalue weighted by Gasteiger charge is -2.08. The molecule has 2 aromatic rings. The highest BCUT2D eigenvalue weighted by atomic mass is 79.9. The van der Waals surface area contributed by atoms with Crippen molar-refractivity contribution in [2.24, 2.45) is 0 Å². The van der Waals surface area contributed by atoms with E-state index < -0.39 is 9.84 Å². The van der Waals surface area contributed by atoms with Gasteiger partial charge in [0.05, 0.1) is 15.2 Å². The molecule has 0 bridgehead atoms. The summed E-state index contributed by atoms with van der Waals surface area (Å²) in [7, 11) is -3.52. The summed E-state index contributed by atoms with van der Waals surface area (Å²) < 4.78 is 23.6. The second kappa shape index (κ2) is 5.31. The molecule has 0 saturated carbocycles. The first kappa shape index (κ1) is 15.2. The largest absolute Gasteiger partial charge is 0.507 e. The number of sulfone groups is 1. The van der Waals surface area contributed by atoms with E-state index >= 15 is 0 Å². The van der Waals surface area contributed by atoms with Crippen LogP contribution in [0.3, 0.4) is 0 Å². The summed E-state index contributed by atoms with van der Waals surface area (Å²) in [6.07, 6.45) is 1.03. The second-order valence-corrected chi connectivity index (χ2v) is 7.40. The average molecular weight is 378 g/mol. The van der Waals surface area contributed by atoms with E-state index in [1.807, 2.05) is 0 Å². The number of nitrogens with zero attached hydrogens (tertiary/aromatic N) is 2. The van der Waals surface area contributed by atoms with E-state index in [1.165, 1.54) is 12.1 Å². The number of aromatic nitrogens is 2. The molecule has 0 amide bonds. The van der Waals surface area contributed by atoms with Crippen LogP contribution in [0, 0.1) is 6.92 Å². The summed E-state index contributed by atoms with van der Waals surface area (Å²) in [6, 6.07) is 4.53. The number of phenols is 1. The van der Waals surface area contributed by atoms with Gasteiger partial charge in [-0.05, 0) is 41.1 Å². The Morgan fingerprint density at radius 2 is 1.90 bits per heavy atom. The van der Waals surface area contributed by atoms with Gasteiger partial charge in [0.15, 0.2) is 0 Å². The summed E-state index contributed by atoms with van der Waals surface area (Å²) in [5, 5.41) is 9.78. The van der Waals surface area contributed by atoms with Gasteiger partial charge in [-0.3, -0.25) is 0 Å². The SMILES string of the molecule is Cc1cc(-c2cc(O)c(Br)cc2Cl)nc(S(C)(=O)=O)n1. The van der Waals surface area contributed by atoms with Crippen molar-refractivity contribution in [1.82, 2.24) is 9.97 Å². The zero-order valence-corrected chi connectivity index (χ0v) is 13.7. The van der Waals surface area contributed by atoms with Crippen LogP contribution in [0.25, 0.3) is 11.3 Å². The van der Waals surface area contributed by atoms with Gasteiger partial charge in [-0.2, -0.15) is 0 Å². The smallest absolute Gasteiger partial charge is 0.247 e. The standard InChI is InChI=1S/C12H10BrClN2O3S/c1-6-3-10(16-12(15-6)20(2,18)19)7-4-11(17)8(13)5-9(7)14/h3-5,17H,1-2H3. The van der Waals surface area contributed by atoms with Crippen molar-refractivity contribution in [3.8, 4) is 17.0 Å². The van der Waals surface area contributed by atoms with Crippen LogP contribution in [0.2, 0.25) is 5.02 Å². The molecule has 106 valence electrons. The third-order valence-electron chi connectivity index (χ3n) is 2.48. The zero-order chi connectivity index (χ0) is 15.1. The van der Waals surface area contributed by atoms with Gasteiger partial charge >= 0.3 is 0 Å². The minimum Gasteiger partial charge on any atom is -0.507 e. The van der Waals surface area contributed by atoms with Gasteiger partial charge < -0.3 is 5.11 Å². The highest BCUT2D eigenvalue weighted by Crippen LogP contribution is 2.35. The van der Waals surface area contributed by atoms with Crippen LogP contribution in [-0.4, -0.2) is 29.7 Å². The molecule has 0 unspecified atom stereocenters. The van der Waals surface area contributed by atoms with Crippen molar-refractivity contribution in [2.45, 2.75) is 12.1 Å². The molecule has 8 heteroatoms. The molecular formula is C12H10BrClN2O3S. The molecule has 0 atom stereocenters. The first-order valence-corrected chi connectivity index (χ1v) is 8.49. The van der Waals surface area contributed by atoms with Crippen LogP contribution in [0.5, 0.6) is 5.75 Å². The van der Waals surface area contributed by atoms with Gasteiger partial charge in [0, 0.05) is 17.5 Å². The molecule has 0 fully saturated rings. The summed E-state index contributed by atoms with van der Waals surface area (Å²) in [5.41, 5.74) is 1.27. The highest BCUT2D eigenvalue weighted by Gasteiger charge is 2.16. The lowest BCUT2D eigenvalue weighted by Crippen LogP contribution is -2.06. The molecule has 5 nitrogen and oxygen atoms in total. The molecule has 0 saturated heterocycles. The lowest BCUT2D eigenvalue weighted by atomic mass is 10.1. The maximum Gasteiger partial charge on any atom is 0.247 e. The fraction of sp³-hybridized carbons (Fsp3) is 0.167. The van der Waals surface area contributed by atoms with E-state index in [2.05, 4.69) is 25.9 Å². The van der Waals surface area contributed by atoms with Gasteiger partial charge in [-0.25, -0.2) is 18.4 Å². The third kappa shape index (κ3) is 3.11. The number of rotatable bonds is 2. The number of hydrogen-bond donors (Lipinski definition) is 1. The Morgan fingerprint density at radius 3 is 2.50 bits per heavy atom. The molecule has 2 rings (SSSR count). The van der Waals surface area contributed by atoms with E-state index in [1.54, 1.807) is 13.0 Å². The van der Waals surface area contributed by atoms with Crippen LogP contribution in [0.1, 0.15) is 5.69 Å². The van der Waals surface area contributed by atoms with Crippen LogP contribution in [0.4, 0.5) is 0 Å². The van der Waals surface area contributed by atoms with Crippen molar-refractivity contribution in [1.29, 1.82) is 0 Å². The number of benzene rings is 1. The van der Waals surface area contributed by atoms with Gasteiger partial charge in [-0.1, -0.05) is 11.6 Å². The maximum absolute atomic E-state index is 11.6. The first-order chi connectivity index (χ1) is 9.18. The topological polar surface area (TPSA) is 80.2 Å². The molecular weight excluding hydrogens is 368 g/mol. The molecule has 1 aromatic carbocycles. The molecule has 0 radical (unpaired) electrons. The Hall–Kier alpha value is -1.18. The molecule has 1 heterocycles. The Morgan fingerprint density at radius 1 is 1.25 bits per heavy atom. The lowest BCUT2D eigenvalue weighted by molar-refractivity contribution is 0.472. The van der Waals surface area contributed by atoms with Crippen LogP contribution >= 0.6 is 27.5 Å². The van der Waals surface area contributed by atoms with E-state index in [0.29, 0.717) is 26.4 Å². The van der Waals surface area contributed by atoms with Crippen LogP contribution in [0.15, 0.2) is 27.8 Å². The van der Waals surface area contributed by atoms with Crippen molar-refractivity contribution in [3.05, 3.63) is 33.4 Å². The predicted molar refractivity (Wildman–Crippen MR) is 79.7 cm³/mol. The molecule has 0 aliphatic carbocycles. The highest BCUT2D eigenvalue weighted by molar-refractivity contribution is 9.10. The maximum atomic E-state index is 11.6. The van der Waals surface area contributed by atoms with Crippen LogP contribution in [-0.2, 0) is 9.84 Å². The Kier molecular flexibility index (Phi) is 4.04. The predicted octanol–water partition coefficient (Wildman–Crippen LogP) is 2.98. The molecule has 1 aromatic heterocycles. The van der Waals surface area contributed by atoms with Gasteiger partial charge in [-0.15, -0.1) is 0 Å². The summed E-state index contributed by atoms with van der Waals surface area (Å²) in [5.74, 6) is -0.0124. The Bertz CT molecular complexity index is 794. The summed E-state index contributed by atoms with van der Waals surface area (Å²) in [6.45, 7) is 1.66. The van der Waals surface area contributed by atoms with Gasteiger partial charge in [0.25, 0.3) is 0 Å². The summed E-state index contributed by atoms with van der Waals surface area (Å²) in [4.78, 5) is 7.88. The summed E-state index contributed by atoms with van der Waals surface area (Å²) >= 11 is 9.25. The fourth-order valence-electron chi connectivity index (χ4n) is 1.58. The van der Waals surface area contributed by atoms with E-state index in [0.717, 1.165) is 6.26 Å². The number of aromatic hydroxyl groups is 1. The molecule has 0 spiro atoms. The van der Waals surface area contributed by atoms with E-state index in [9.17, 15) is 13.5 Å². The molecule has 20 heavy (non-hydrogen) atoms. The van der Waals surface area contributed by atoms with Crippen LogP contribution < -0.4 is 0 Å². The Labute approximate surface area is 129 Å². The Balaban J connectivity index is 2.71. The van der Waals surface area contributed by atoms with Crippen molar-refractivity contribution >= 4 is 37.4 Å². The quantitative estimate of drug-likeness (QED) is 0.814. The van der Waals surface area contributed by atoms with Crippen molar-refractivity contribution < 1.29 is 13.5 Å². The number of aryl methyl sites for hydroxylation is 1. The average Bonchev–Trinajstić information content (AvgIpc) is 2.32. The normalized spacial score (nSPS) is 11.6. The minimum atomic E-state index is -3.52. The second-order valence-electron chi connectivity index (χ2n) is 4.23. The molecule has 0 aliphatic heterocycles. The van der Waals surface area contributed by atoms with Gasteiger partial charge in [0.1, 0.15) is 5.75 Å². The van der Waals surface area contributed by atoms with Crippen molar-refractivity contribution in [2.75, 3.05) is 6.26 Å². The molecule has 0 aliphatic rings. The fourth-order valence-corrected chi connectivity index (χ4v) is 2.89. The molecule has 1 N–H and O–H groups in total. The number of halogens is 2. The number of phenolic OH excluding ortho intramolecular Hbond substituents is 1. The zero-order valence-electron chi connectivity index (χ0n) is 10.6. The van der Waals surface area contributed by atoms with E-state index in [4.69, 9.17) is 11.6 Å². The monoisotopic (exact) mass is 376 g/mol. The first-order valence-electron chi connectivity index (χ1n) is 5.42. The number of hydrogen-bond acceptors (Lipinski definition) is 5. The van der Waals surface area contributed by atoms with E-state index in [-0.39, 0.29) is 10.9 Å². The third-order valence-corrected chi connectivity index (χ3v) is 4.27.